The van der Waals surface area contributed by atoms with Crippen molar-refractivity contribution in [3.8, 4) is 5.75 Å². The molecule has 0 amide bonds. The van der Waals surface area contributed by atoms with Crippen LogP contribution in [0.3, 0.4) is 0 Å². The lowest BCUT2D eigenvalue weighted by Gasteiger charge is -2.12. The molecule has 0 saturated heterocycles. The van der Waals surface area contributed by atoms with Crippen molar-refractivity contribution in [1.29, 1.82) is 0 Å². The van der Waals surface area contributed by atoms with Crippen LogP contribution in [0.5, 0.6) is 5.75 Å². The van der Waals surface area contributed by atoms with Crippen LogP contribution >= 0.6 is 0 Å². The Morgan fingerprint density at radius 3 is 2.45 bits per heavy atom. The predicted octanol–water partition coefficient (Wildman–Crippen LogP) is 3.64. The average molecular weight is 323 g/mol. The van der Waals surface area contributed by atoms with Crippen LogP contribution in [0.25, 0.3) is 0 Å². The van der Waals surface area contributed by atoms with Gasteiger partial charge < -0.3 is 4.74 Å². The molecule has 0 aromatic heterocycles. The largest absolute Gasteiger partial charge is 0.491 e. The molecule has 1 N–H and O–H groups in total. The zero-order valence-corrected chi connectivity index (χ0v) is 13.5. The zero-order chi connectivity index (χ0) is 16.3. The Morgan fingerprint density at radius 1 is 1.14 bits per heavy atom. The molecule has 118 valence electrons. The molecule has 0 bridgehead atoms. The molecule has 0 aliphatic heterocycles. The molecule has 2 aromatic rings. The summed E-state index contributed by atoms with van der Waals surface area (Å²) in [5.74, 6) is -0.514. The van der Waals surface area contributed by atoms with Crippen LogP contribution < -0.4 is 9.46 Å². The molecule has 2 rings (SSSR count). The first-order valence-electron chi connectivity index (χ1n) is 6.86. The third kappa shape index (κ3) is 3.57. The maximum absolute atomic E-state index is 13.8. The van der Waals surface area contributed by atoms with Crippen LogP contribution in [0, 0.1) is 19.7 Å². The third-order valence-electron chi connectivity index (χ3n) is 3.10. The van der Waals surface area contributed by atoms with Crippen LogP contribution in [-0.2, 0) is 10.0 Å². The highest BCUT2D eigenvalue weighted by molar-refractivity contribution is 7.92. The summed E-state index contributed by atoms with van der Waals surface area (Å²) in [7, 11) is -3.76. The van der Waals surface area contributed by atoms with Crippen molar-refractivity contribution in [2.75, 3.05) is 11.3 Å². The van der Waals surface area contributed by atoms with E-state index in [1.54, 1.807) is 26.0 Å². The number of hydrogen-bond acceptors (Lipinski definition) is 3. The van der Waals surface area contributed by atoms with Crippen molar-refractivity contribution in [1.82, 2.24) is 0 Å². The maximum Gasteiger partial charge on any atom is 0.262 e. The van der Waals surface area contributed by atoms with E-state index in [-0.39, 0.29) is 16.3 Å². The fourth-order valence-electron chi connectivity index (χ4n) is 2.15. The lowest BCUT2D eigenvalue weighted by Crippen LogP contribution is -2.14. The molecule has 0 saturated carbocycles. The Bertz CT molecular complexity index is 788. The number of anilines is 1. The summed E-state index contributed by atoms with van der Waals surface area (Å²) in [5, 5.41) is 0. The molecule has 0 heterocycles. The summed E-state index contributed by atoms with van der Waals surface area (Å²) in [6.45, 7) is 5.69. The third-order valence-corrected chi connectivity index (χ3v) is 4.65. The van der Waals surface area contributed by atoms with Gasteiger partial charge in [0.05, 0.1) is 17.2 Å². The van der Waals surface area contributed by atoms with Gasteiger partial charge in [-0.2, -0.15) is 0 Å². The lowest BCUT2D eigenvalue weighted by atomic mass is 10.2. The highest BCUT2D eigenvalue weighted by Crippen LogP contribution is 2.24. The molecule has 4 nitrogen and oxygen atoms in total. The van der Waals surface area contributed by atoms with Crippen LogP contribution in [0.1, 0.15) is 18.1 Å². The molecule has 0 unspecified atom stereocenters. The van der Waals surface area contributed by atoms with Crippen molar-refractivity contribution < 1.29 is 17.5 Å². The molecule has 0 fully saturated rings. The predicted molar refractivity (Wildman–Crippen MR) is 84.3 cm³/mol. The van der Waals surface area contributed by atoms with Gasteiger partial charge in [-0.3, -0.25) is 4.72 Å². The van der Waals surface area contributed by atoms with E-state index in [4.69, 9.17) is 4.74 Å². The second-order valence-electron chi connectivity index (χ2n) is 4.95. The van der Waals surface area contributed by atoms with Crippen LogP contribution in [-0.4, -0.2) is 15.0 Å². The lowest BCUT2D eigenvalue weighted by molar-refractivity contribution is 0.321. The van der Waals surface area contributed by atoms with Gasteiger partial charge in [-0.1, -0.05) is 17.7 Å². The van der Waals surface area contributed by atoms with E-state index in [2.05, 4.69) is 4.72 Å². The Hall–Kier alpha value is -2.08. The van der Waals surface area contributed by atoms with Crippen molar-refractivity contribution in [3.05, 3.63) is 53.3 Å². The molecule has 0 atom stereocenters. The first-order chi connectivity index (χ1) is 10.3. The standard InChI is InChI=1S/C16H18FNO3S/c1-4-21-15-7-6-13(10-14(15)17)18-22(19,20)16-8-5-11(2)9-12(16)3/h5-10,18H,4H2,1-3H3. The van der Waals surface area contributed by atoms with Gasteiger partial charge in [-0.25, -0.2) is 12.8 Å². The average Bonchev–Trinajstić information content (AvgIpc) is 2.41. The zero-order valence-electron chi connectivity index (χ0n) is 12.7. The number of aryl methyl sites for hydroxylation is 2. The van der Waals surface area contributed by atoms with Crippen molar-refractivity contribution in [3.63, 3.8) is 0 Å². The number of ether oxygens (including phenoxy) is 1. The molecular weight excluding hydrogens is 305 g/mol. The quantitative estimate of drug-likeness (QED) is 0.914. The molecule has 0 spiro atoms. The van der Waals surface area contributed by atoms with Gasteiger partial charge >= 0.3 is 0 Å². The SMILES string of the molecule is CCOc1ccc(NS(=O)(=O)c2ccc(C)cc2C)cc1F. The van der Waals surface area contributed by atoms with Crippen LogP contribution in [0.15, 0.2) is 41.3 Å². The summed E-state index contributed by atoms with van der Waals surface area (Å²) in [6.07, 6.45) is 0. The normalized spacial score (nSPS) is 11.3. The Morgan fingerprint density at radius 2 is 1.86 bits per heavy atom. The van der Waals surface area contributed by atoms with Crippen molar-refractivity contribution in [2.45, 2.75) is 25.7 Å². The maximum atomic E-state index is 13.8. The monoisotopic (exact) mass is 323 g/mol. The van der Waals surface area contributed by atoms with E-state index in [1.807, 2.05) is 6.92 Å². The van der Waals surface area contributed by atoms with Gasteiger partial charge in [-0.15, -0.1) is 0 Å². The smallest absolute Gasteiger partial charge is 0.262 e. The number of sulfonamides is 1. The molecule has 6 heteroatoms. The number of nitrogens with one attached hydrogen (secondary N) is 1. The van der Waals surface area contributed by atoms with Crippen LogP contribution in [0.2, 0.25) is 0 Å². The first kappa shape index (κ1) is 16.3. The summed E-state index contributed by atoms with van der Waals surface area (Å²) in [6, 6.07) is 9.02. The highest BCUT2D eigenvalue weighted by atomic mass is 32.2. The molecule has 0 aliphatic rings. The molecule has 22 heavy (non-hydrogen) atoms. The number of benzene rings is 2. The minimum absolute atomic E-state index is 0.0944. The second kappa shape index (κ2) is 6.36. The Kier molecular flexibility index (Phi) is 4.71. The van der Waals surface area contributed by atoms with E-state index in [0.29, 0.717) is 12.2 Å². The van der Waals surface area contributed by atoms with Gasteiger partial charge in [-0.05, 0) is 44.5 Å². The topological polar surface area (TPSA) is 55.4 Å². The first-order valence-corrected chi connectivity index (χ1v) is 8.34. The highest BCUT2D eigenvalue weighted by Gasteiger charge is 2.17. The van der Waals surface area contributed by atoms with Crippen LogP contribution in [0.4, 0.5) is 10.1 Å². The van der Waals surface area contributed by atoms with Gasteiger partial charge in [0.25, 0.3) is 10.0 Å². The number of hydrogen-bond donors (Lipinski definition) is 1. The fraction of sp³-hybridized carbons (Fsp3) is 0.250. The Labute approximate surface area is 130 Å². The summed E-state index contributed by atoms with van der Waals surface area (Å²) in [5.41, 5.74) is 1.77. The molecule has 2 aromatic carbocycles. The minimum Gasteiger partial charge on any atom is -0.491 e. The second-order valence-corrected chi connectivity index (χ2v) is 6.60. The van der Waals surface area contributed by atoms with E-state index in [0.717, 1.165) is 11.6 Å². The minimum atomic E-state index is -3.76. The molecule has 0 radical (unpaired) electrons. The molecular formula is C16H18FNO3S. The van der Waals surface area contributed by atoms with E-state index < -0.39 is 15.8 Å². The Balaban J connectivity index is 2.31. The van der Waals surface area contributed by atoms with Gasteiger partial charge in [0.1, 0.15) is 0 Å². The van der Waals surface area contributed by atoms with E-state index in [9.17, 15) is 12.8 Å². The molecule has 0 aliphatic carbocycles. The van der Waals surface area contributed by atoms with E-state index >= 15 is 0 Å². The van der Waals surface area contributed by atoms with Gasteiger partial charge in [0, 0.05) is 6.07 Å². The summed E-state index contributed by atoms with van der Waals surface area (Å²) in [4.78, 5) is 0.174. The van der Waals surface area contributed by atoms with Crippen molar-refractivity contribution >= 4 is 15.7 Å². The van der Waals surface area contributed by atoms with Gasteiger partial charge in [0.2, 0.25) is 0 Å². The number of rotatable bonds is 5. The van der Waals surface area contributed by atoms with Gasteiger partial charge in [0.15, 0.2) is 11.6 Å². The van der Waals surface area contributed by atoms with E-state index in [1.165, 1.54) is 18.2 Å². The number of halogens is 1. The summed E-state index contributed by atoms with van der Waals surface area (Å²) < 4.78 is 46.0. The summed E-state index contributed by atoms with van der Waals surface area (Å²) >= 11 is 0. The van der Waals surface area contributed by atoms with Crippen molar-refractivity contribution in [2.24, 2.45) is 0 Å². The fourth-order valence-corrected chi connectivity index (χ4v) is 3.43.